The molecule has 0 aliphatic carbocycles. The van der Waals surface area contributed by atoms with Gasteiger partial charge in [0.15, 0.2) is 5.69 Å². The van der Waals surface area contributed by atoms with Crippen molar-refractivity contribution in [3.63, 3.8) is 0 Å². The molecule has 1 aromatic carbocycles. The maximum absolute atomic E-state index is 12.6. The Bertz CT molecular complexity index is 905. The Hall–Kier alpha value is -2.75. The number of carbonyl (C=O) groups excluding carboxylic acids is 1. The Labute approximate surface area is 171 Å². The molecule has 0 saturated carbocycles. The van der Waals surface area contributed by atoms with Gasteiger partial charge in [-0.15, -0.1) is 0 Å². The fourth-order valence-electron chi connectivity index (χ4n) is 3.66. The largest absolute Gasteiger partial charge is 0.491 e. The Morgan fingerprint density at radius 2 is 2.17 bits per heavy atom. The zero-order chi connectivity index (χ0) is 21.3. The summed E-state index contributed by atoms with van der Waals surface area (Å²) in [6, 6.07) is 7.38. The van der Waals surface area contributed by atoms with E-state index in [9.17, 15) is 18.0 Å². The fourth-order valence-corrected chi connectivity index (χ4v) is 3.66. The second-order valence-corrected chi connectivity index (χ2v) is 7.67. The topological polar surface area (TPSA) is 77.4 Å². The lowest BCUT2D eigenvalue weighted by molar-refractivity contribution is -0.124. The Kier molecular flexibility index (Phi) is 5.59. The van der Waals surface area contributed by atoms with Crippen LogP contribution in [-0.4, -0.2) is 53.7 Å². The van der Waals surface area contributed by atoms with Crippen LogP contribution in [0.25, 0.3) is 0 Å². The number of ether oxygens (including phenoxy) is 2. The third-order valence-electron chi connectivity index (χ3n) is 5.07. The molecule has 162 valence electrons. The van der Waals surface area contributed by atoms with Crippen LogP contribution in [0.5, 0.6) is 11.6 Å². The molecule has 0 saturated heterocycles. The van der Waals surface area contributed by atoms with Crippen molar-refractivity contribution in [3.8, 4) is 11.6 Å². The lowest BCUT2D eigenvalue weighted by atomic mass is 10.0. The van der Waals surface area contributed by atoms with Crippen molar-refractivity contribution < 1.29 is 27.4 Å². The smallest absolute Gasteiger partial charge is 0.401 e. The van der Waals surface area contributed by atoms with E-state index in [1.165, 1.54) is 0 Å². The number of nitrogens with zero attached hydrogens (tertiary/aromatic N) is 2. The van der Waals surface area contributed by atoms with Crippen molar-refractivity contribution in [1.82, 2.24) is 20.4 Å². The number of carbonyl (C=O) groups is 1. The zero-order valence-electron chi connectivity index (χ0n) is 16.5. The number of halogens is 3. The van der Waals surface area contributed by atoms with Crippen LogP contribution in [-0.2, 0) is 13.0 Å². The van der Waals surface area contributed by atoms with E-state index in [1.807, 2.05) is 19.1 Å². The minimum atomic E-state index is -4.23. The van der Waals surface area contributed by atoms with Crippen LogP contribution in [0.15, 0.2) is 24.3 Å². The number of aromatic nitrogens is 2. The van der Waals surface area contributed by atoms with E-state index in [-0.39, 0.29) is 30.3 Å². The molecule has 7 nitrogen and oxygen atoms in total. The molecule has 2 atom stereocenters. The normalized spacial score (nSPS) is 20.1. The number of hydrogen-bond donors (Lipinski definition) is 2. The molecule has 2 aliphatic rings. The van der Waals surface area contributed by atoms with Crippen molar-refractivity contribution in [2.45, 2.75) is 44.6 Å². The van der Waals surface area contributed by atoms with E-state index in [0.29, 0.717) is 31.9 Å². The third kappa shape index (κ3) is 4.86. The summed E-state index contributed by atoms with van der Waals surface area (Å²) in [7, 11) is 0. The lowest BCUT2D eigenvalue weighted by Gasteiger charge is -2.26. The van der Waals surface area contributed by atoms with Crippen LogP contribution in [0.2, 0.25) is 0 Å². The summed E-state index contributed by atoms with van der Waals surface area (Å²) in [6.07, 6.45) is -3.40. The average Bonchev–Trinajstić information content (AvgIpc) is 3.23. The molecule has 0 spiro atoms. The molecule has 0 radical (unpaired) electrons. The van der Waals surface area contributed by atoms with E-state index in [4.69, 9.17) is 9.47 Å². The highest BCUT2D eigenvalue weighted by Crippen LogP contribution is 2.27. The molecule has 4 rings (SSSR count). The maximum Gasteiger partial charge on any atom is 0.401 e. The van der Waals surface area contributed by atoms with Gasteiger partial charge >= 0.3 is 6.18 Å². The number of alkyl halides is 3. The van der Waals surface area contributed by atoms with Gasteiger partial charge < -0.3 is 20.1 Å². The molecular weight excluding hydrogens is 401 g/mol. The highest BCUT2D eigenvalue weighted by atomic mass is 19.4. The first kappa shape index (κ1) is 20.5. The number of benzene rings is 1. The number of nitrogens with one attached hydrogen (secondary N) is 2. The van der Waals surface area contributed by atoms with E-state index in [2.05, 4.69) is 21.8 Å². The van der Waals surface area contributed by atoms with Gasteiger partial charge in [0.05, 0.1) is 19.1 Å². The fraction of sp³-hybridized carbons (Fsp3) is 0.500. The van der Waals surface area contributed by atoms with E-state index >= 15 is 0 Å². The first-order valence-corrected chi connectivity index (χ1v) is 9.82. The number of fused-ring (bicyclic) bond motifs is 2. The quantitative estimate of drug-likeness (QED) is 0.696. The molecule has 0 unspecified atom stereocenters. The van der Waals surface area contributed by atoms with Gasteiger partial charge in [-0.25, -0.2) is 4.68 Å². The SMILES string of the molecule is Cc1ccc2c(c1)C[C@@H](NC(=O)c1cc3n(n1)C[C@H](CCNCC(F)(F)F)O3)CO2. The van der Waals surface area contributed by atoms with Crippen molar-refractivity contribution >= 4 is 5.91 Å². The first-order valence-electron chi connectivity index (χ1n) is 9.82. The van der Waals surface area contributed by atoms with Crippen molar-refractivity contribution in [2.24, 2.45) is 0 Å². The standard InChI is InChI=1S/C20H23F3N4O3/c1-12-2-3-17-13(6-12)7-14(10-29-17)25-19(28)16-8-18-27(26-16)9-15(30-18)4-5-24-11-20(21,22)23/h2-3,6,8,14-15,24H,4-5,7,9-11H2,1H3,(H,25,28)/t14-,15+/m1/s1. The third-order valence-corrected chi connectivity index (χ3v) is 5.07. The van der Waals surface area contributed by atoms with Crippen LogP contribution in [0, 0.1) is 6.92 Å². The molecule has 3 heterocycles. The molecular formula is C20H23F3N4O3. The highest BCUT2D eigenvalue weighted by Gasteiger charge is 2.29. The number of rotatable bonds is 6. The van der Waals surface area contributed by atoms with Gasteiger partial charge in [0, 0.05) is 6.07 Å². The van der Waals surface area contributed by atoms with Gasteiger partial charge in [0.2, 0.25) is 5.88 Å². The van der Waals surface area contributed by atoms with Crippen molar-refractivity contribution in [3.05, 3.63) is 41.1 Å². The van der Waals surface area contributed by atoms with Crippen LogP contribution in [0.1, 0.15) is 28.0 Å². The van der Waals surface area contributed by atoms with E-state index in [0.717, 1.165) is 16.9 Å². The first-order chi connectivity index (χ1) is 14.3. The van der Waals surface area contributed by atoms with Gasteiger partial charge in [-0.1, -0.05) is 17.7 Å². The molecule has 2 aromatic rings. The monoisotopic (exact) mass is 424 g/mol. The molecule has 1 amide bonds. The van der Waals surface area contributed by atoms with Crippen molar-refractivity contribution in [1.29, 1.82) is 0 Å². The predicted octanol–water partition coefficient (Wildman–Crippen LogP) is 2.23. The summed E-state index contributed by atoms with van der Waals surface area (Å²) in [5.74, 6) is 0.978. The number of aryl methyl sites for hydroxylation is 1. The Balaban J connectivity index is 1.27. The van der Waals surface area contributed by atoms with Gasteiger partial charge in [0.25, 0.3) is 5.91 Å². The summed E-state index contributed by atoms with van der Waals surface area (Å²) >= 11 is 0. The van der Waals surface area contributed by atoms with E-state index < -0.39 is 12.7 Å². The van der Waals surface area contributed by atoms with Gasteiger partial charge in [-0.3, -0.25) is 4.79 Å². The second kappa shape index (κ2) is 8.17. The van der Waals surface area contributed by atoms with Gasteiger partial charge in [-0.2, -0.15) is 18.3 Å². The molecule has 10 heteroatoms. The second-order valence-electron chi connectivity index (χ2n) is 7.67. The minimum absolute atomic E-state index is 0.156. The Morgan fingerprint density at radius 3 is 2.93 bits per heavy atom. The summed E-state index contributed by atoms with van der Waals surface area (Å²) in [5, 5.41) is 9.56. The molecule has 0 bridgehead atoms. The molecule has 1 aromatic heterocycles. The van der Waals surface area contributed by atoms with Gasteiger partial charge in [-0.05, 0) is 37.9 Å². The average molecular weight is 424 g/mol. The summed E-state index contributed by atoms with van der Waals surface area (Å²) in [6.45, 7) is 1.96. The predicted molar refractivity (Wildman–Crippen MR) is 102 cm³/mol. The lowest BCUT2D eigenvalue weighted by Crippen LogP contribution is -2.43. The van der Waals surface area contributed by atoms with Crippen molar-refractivity contribution in [2.75, 3.05) is 19.7 Å². The maximum atomic E-state index is 12.6. The summed E-state index contributed by atoms with van der Waals surface area (Å²) in [4.78, 5) is 12.6. The van der Waals surface area contributed by atoms with Crippen LogP contribution >= 0.6 is 0 Å². The number of amides is 1. The van der Waals surface area contributed by atoms with E-state index in [1.54, 1.807) is 10.7 Å². The zero-order valence-corrected chi connectivity index (χ0v) is 16.5. The molecule has 30 heavy (non-hydrogen) atoms. The minimum Gasteiger partial charge on any atom is -0.491 e. The highest BCUT2D eigenvalue weighted by molar-refractivity contribution is 5.92. The van der Waals surface area contributed by atoms with Gasteiger partial charge in [0.1, 0.15) is 18.5 Å². The summed E-state index contributed by atoms with van der Waals surface area (Å²) in [5.41, 5.74) is 2.44. The molecule has 2 aliphatic heterocycles. The Morgan fingerprint density at radius 1 is 1.33 bits per heavy atom. The summed E-state index contributed by atoms with van der Waals surface area (Å²) < 4.78 is 49.4. The van der Waals surface area contributed by atoms with Crippen LogP contribution < -0.4 is 20.1 Å². The molecule has 0 fully saturated rings. The van der Waals surface area contributed by atoms with Crippen LogP contribution in [0.4, 0.5) is 13.2 Å². The molecule has 2 N–H and O–H groups in total. The van der Waals surface area contributed by atoms with Crippen LogP contribution in [0.3, 0.4) is 0 Å². The number of hydrogen-bond acceptors (Lipinski definition) is 5.